The highest BCUT2D eigenvalue weighted by atomic mass is 127. The summed E-state index contributed by atoms with van der Waals surface area (Å²) < 4.78 is 1.05. The molecule has 0 aliphatic carbocycles. The van der Waals surface area contributed by atoms with Crippen molar-refractivity contribution in [3.63, 3.8) is 0 Å². The van der Waals surface area contributed by atoms with Crippen LogP contribution in [0.25, 0.3) is 0 Å². The van der Waals surface area contributed by atoms with E-state index in [-0.39, 0.29) is 0 Å². The number of aromatic nitrogens is 2. The van der Waals surface area contributed by atoms with Crippen LogP contribution in [0.3, 0.4) is 0 Å². The lowest BCUT2D eigenvalue weighted by Gasteiger charge is -2.15. The third-order valence-electron chi connectivity index (χ3n) is 2.44. The van der Waals surface area contributed by atoms with Crippen LogP contribution in [0.15, 0.2) is 12.4 Å². The molecule has 0 bridgehead atoms. The first kappa shape index (κ1) is 13.6. The van der Waals surface area contributed by atoms with E-state index in [1.807, 2.05) is 12.4 Å². The molecule has 0 aromatic carbocycles. The maximum atomic E-state index is 5.59. The molecule has 0 spiro atoms. The van der Waals surface area contributed by atoms with Crippen molar-refractivity contribution < 1.29 is 0 Å². The maximum absolute atomic E-state index is 5.59. The van der Waals surface area contributed by atoms with Crippen LogP contribution in [0.5, 0.6) is 0 Å². The van der Waals surface area contributed by atoms with Crippen molar-refractivity contribution in [1.82, 2.24) is 9.97 Å². The van der Waals surface area contributed by atoms with E-state index in [2.05, 4.69) is 44.8 Å². The molecule has 0 aliphatic heterocycles. The summed E-state index contributed by atoms with van der Waals surface area (Å²) in [7, 11) is 0. The van der Waals surface area contributed by atoms with Gasteiger partial charge in [0.2, 0.25) is 5.95 Å². The zero-order chi connectivity index (χ0) is 11.8. The smallest absolute Gasteiger partial charge is 0.222 e. The molecule has 1 atom stereocenters. The van der Waals surface area contributed by atoms with Crippen LogP contribution >= 0.6 is 22.6 Å². The van der Waals surface area contributed by atoms with Gasteiger partial charge in [0, 0.05) is 22.5 Å². The zero-order valence-electron chi connectivity index (χ0n) is 9.62. The SMILES string of the molecule is CCCC(CCN)CNc1ncc(I)cn1. The van der Waals surface area contributed by atoms with E-state index in [1.54, 1.807) is 0 Å². The monoisotopic (exact) mass is 334 g/mol. The number of hydrogen-bond donors (Lipinski definition) is 2. The summed E-state index contributed by atoms with van der Waals surface area (Å²) in [6, 6.07) is 0. The third-order valence-corrected chi connectivity index (χ3v) is 3.00. The summed E-state index contributed by atoms with van der Waals surface area (Å²) in [5.74, 6) is 1.33. The lowest BCUT2D eigenvalue weighted by Crippen LogP contribution is -2.19. The summed E-state index contributed by atoms with van der Waals surface area (Å²) in [5.41, 5.74) is 5.59. The van der Waals surface area contributed by atoms with Crippen molar-refractivity contribution in [2.24, 2.45) is 11.7 Å². The van der Waals surface area contributed by atoms with Crippen LogP contribution in [0.4, 0.5) is 5.95 Å². The Labute approximate surface area is 111 Å². The normalized spacial score (nSPS) is 12.4. The lowest BCUT2D eigenvalue weighted by molar-refractivity contribution is 0.472. The first-order valence-electron chi connectivity index (χ1n) is 5.67. The molecule has 16 heavy (non-hydrogen) atoms. The van der Waals surface area contributed by atoms with E-state index in [0.717, 1.165) is 23.1 Å². The fourth-order valence-corrected chi connectivity index (χ4v) is 1.91. The maximum Gasteiger partial charge on any atom is 0.222 e. The van der Waals surface area contributed by atoms with Gasteiger partial charge in [0.25, 0.3) is 0 Å². The third kappa shape index (κ3) is 5.07. The Balaban J connectivity index is 2.38. The van der Waals surface area contributed by atoms with Crippen LogP contribution in [0.2, 0.25) is 0 Å². The van der Waals surface area contributed by atoms with Crippen molar-refractivity contribution in [3.05, 3.63) is 16.0 Å². The van der Waals surface area contributed by atoms with Crippen LogP contribution in [0, 0.1) is 9.49 Å². The van der Waals surface area contributed by atoms with Crippen molar-refractivity contribution in [2.75, 3.05) is 18.4 Å². The lowest BCUT2D eigenvalue weighted by atomic mass is 10.00. The minimum atomic E-state index is 0.623. The highest BCUT2D eigenvalue weighted by molar-refractivity contribution is 14.1. The van der Waals surface area contributed by atoms with Gasteiger partial charge in [0.15, 0.2) is 0 Å². The summed E-state index contributed by atoms with van der Waals surface area (Å²) in [6.07, 6.45) is 7.08. The van der Waals surface area contributed by atoms with Gasteiger partial charge in [-0.2, -0.15) is 0 Å². The van der Waals surface area contributed by atoms with Crippen molar-refractivity contribution >= 4 is 28.5 Å². The molecule has 0 saturated carbocycles. The largest absolute Gasteiger partial charge is 0.354 e. The quantitative estimate of drug-likeness (QED) is 0.751. The Hall–Kier alpha value is -0.430. The predicted molar refractivity (Wildman–Crippen MR) is 75.3 cm³/mol. The van der Waals surface area contributed by atoms with E-state index in [1.165, 1.54) is 12.8 Å². The first-order chi connectivity index (χ1) is 7.76. The molecule has 3 N–H and O–H groups in total. The van der Waals surface area contributed by atoms with Crippen molar-refractivity contribution in [2.45, 2.75) is 26.2 Å². The molecule has 0 fully saturated rings. The predicted octanol–water partition coefficient (Wildman–Crippen LogP) is 2.26. The van der Waals surface area contributed by atoms with Gasteiger partial charge >= 0.3 is 0 Å². The van der Waals surface area contributed by atoms with Crippen LogP contribution in [-0.4, -0.2) is 23.1 Å². The first-order valence-corrected chi connectivity index (χ1v) is 6.75. The minimum Gasteiger partial charge on any atom is -0.354 e. The molecular weight excluding hydrogens is 315 g/mol. The average molecular weight is 334 g/mol. The molecule has 1 unspecified atom stereocenters. The Bertz CT molecular complexity index is 283. The van der Waals surface area contributed by atoms with Gasteiger partial charge in [0.05, 0.1) is 0 Å². The van der Waals surface area contributed by atoms with E-state index in [9.17, 15) is 0 Å². The molecule has 0 aliphatic rings. The van der Waals surface area contributed by atoms with Gasteiger partial charge in [0.1, 0.15) is 0 Å². The van der Waals surface area contributed by atoms with E-state index in [4.69, 9.17) is 5.73 Å². The Kier molecular flexibility index (Phi) is 6.63. The van der Waals surface area contributed by atoms with Crippen LogP contribution in [0.1, 0.15) is 26.2 Å². The van der Waals surface area contributed by atoms with Crippen LogP contribution in [-0.2, 0) is 0 Å². The van der Waals surface area contributed by atoms with Gasteiger partial charge in [-0.3, -0.25) is 0 Å². The molecule has 5 heteroatoms. The fourth-order valence-electron chi connectivity index (χ4n) is 1.63. The van der Waals surface area contributed by atoms with Crippen molar-refractivity contribution in [1.29, 1.82) is 0 Å². The molecule has 1 aromatic rings. The summed E-state index contributed by atoms with van der Waals surface area (Å²) >= 11 is 2.20. The highest BCUT2D eigenvalue weighted by Gasteiger charge is 2.07. The summed E-state index contributed by atoms with van der Waals surface area (Å²) in [6.45, 7) is 3.86. The standard InChI is InChI=1S/C11H19IN4/c1-2-3-9(4-5-13)6-14-11-15-7-10(12)8-16-11/h7-9H,2-6,13H2,1H3,(H,14,15,16). The van der Waals surface area contributed by atoms with Crippen molar-refractivity contribution in [3.8, 4) is 0 Å². The minimum absolute atomic E-state index is 0.623. The summed E-state index contributed by atoms with van der Waals surface area (Å²) in [4.78, 5) is 8.42. The number of nitrogens with two attached hydrogens (primary N) is 1. The molecule has 1 aromatic heterocycles. The second-order valence-electron chi connectivity index (χ2n) is 3.84. The molecule has 1 rings (SSSR count). The molecular formula is C11H19IN4. The van der Waals surface area contributed by atoms with E-state index >= 15 is 0 Å². The van der Waals surface area contributed by atoms with Gasteiger partial charge in [-0.25, -0.2) is 9.97 Å². The number of rotatable bonds is 7. The van der Waals surface area contributed by atoms with Crippen LogP contribution < -0.4 is 11.1 Å². The number of nitrogens with one attached hydrogen (secondary N) is 1. The number of halogens is 1. The molecule has 1 heterocycles. The van der Waals surface area contributed by atoms with Gasteiger partial charge < -0.3 is 11.1 Å². The second-order valence-corrected chi connectivity index (χ2v) is 5.08. The molecule has 0 radical (unpaired) electrons. The highest BCUT2D eigenvalue weighted by Crippen LogP contribution is 2.11. The fraction of sp³-hybridized carbons (Fsp3) is 0.636. The Morgan fingerprint density at radius 3 is 2.62 bits per heavy atom. The average Bonchev–Trinajstić information content (AvgIpc) is 2.29. The van der Waals surface area contributed by atoms with Gasteiger partial charge in [-0.1, -0.05) is 13.3 Å². The van der Waals surface area contributed by atoms with Gasteiger partial charge in [-0.05, 0) is 47.9 Å². The second kappa shape index (κ2) is 7.78. The molecule has 90 valence electrons. The molecule has 4 nitrogen and oxygen atoms in total. The summed E-state index contributed by atoms with van der Waals surface area (Å²) in [5, 5.41) is 3.26. The van der Waals surface area contributed by atoms with Gasteiger partial charge in [-0.15, -0.1) is 0 Å². The van der Waals surface area contributed by atoms with E-state index in [0.29, 0.717) is 11.9 Å². The Morgan fingerprint density at radius 1 is 1.38 bits per heavy atom. The van der Waals surface area contributed by atoms with E-state index < -0.39 is 0 Å². The molecule has 0 amide bonds. The number of hydrogen-bond acceptors (Lipinski definition) is 4. The number of anilines is 1. The number of nitrogens with zero attached hydrogens (tertiary/aromatic N) is 2. The topological polar surface area (TPSA) is 63.8 Å². The zero-order valence-corrected chi connectivity index (χ0v) is 11.8. The Morgan fingerprint density at radius 2 is 2.06 bits per heavy atom. The molecule has 0 saturated heterocycles.